The van der Waals surface area contributed by atoms with Crippen LogP contribution in [0.15, 0.2) is 21.9 Å². The van der Waals surface area contributed by atoms with Crippen molar-refractivity contribution < 1.29 is 20.1 Å². The lowest BCUT2D eigenvalue weighted by Gasteiger charge is -2.36. The Kier molecular flexibility index (Phi) is 3.62. The van der Waals surface area contributed by atoms with E-state index in [1.54, 1.807) is 0 Å². The zero-order chi connectivity index (χ0) is 13.3. The molecule has 1 fully saturated rings. The predicted octanol–water partition coefficient (Wildman–Crippen LogP) is -2.46. The van der Waals surface area contributed by atoms with Crippen molar-refractivity contribution in [2.24, 2.45) is 0 Å². The topological polar surface area (TPSA) is 125 Å². The third-order valence-corrected chi connectivity index (χ3v) is 2.86. The highest BCUT2D eigenvalue weighted by atomic mass is 16.5. The van der Waals surface area contributed by atoms with Crippen LogP contribution in [0.2, 0.25) is 0 Å². The Labute approximate surface area is 101 Å². The van der Waals surface area contributed by atoms with Gasteiger partial charge in [0.05, 0.1) is 12.7 Å². The highest BCUT2D eigenvalue weighted by Gasteiger charge is 2.37. The van der Waals surface area contributed by atoms with Gasteiger partial charge in [-0.05, 0) is 0 Å². The molecule has 8 heteroatoms. The van der Waals surface area contributed by atoms with E-state index in [4.69, 9.17) is 9.84 Å². The van der Waals surface area contributed by atoms with Gasteiger partial charge in [0.15, 0.2) is 6.23 Å². The van der Waals surface area contributed by atoms with Crippen LogP contribution in [0, 0.1) is 0 Å². The lowest BCUT2D eigenvalue weighted by Crippen LogP contribution is -2.49. The van der Waals surface area contributed by atoms with Gasteiger partial charge in [0.2, 0.25) is 0 Å². The molecule has 0 saturated carbocycles. The summed E-state index contributed by atoms with van der Waals surface area (Å²) in [4.78, 5) is 24.5. The number of hydrogen-bond donors (Lipinski definition) is 4. The fourth-order valence-corrected chi connectivity index (χ4v) is 1.92. The molecule has 4 atom stereocenters. The Morgan fingerprint density at radius 1 is 1.39 bits per heavy atom. The van der Waals surface area contributed by atoms with E-state index in [2.05, 4.69) is 0 Å². The molecule has 8 nitrogen and oxygen atoms in total. The molecule has 0 aromatic carbocycles. The van der Waals surface area contributed by atoms with Crippen molar-refractivity contribution in [3.8, 4) is 0 Å². The Balaban J connectivity index is 2.31. The standard InChI is InChI=1S/C10H14N2O6/c13-4-7-5(14)3-6(15)9(18-7)12-2-1-8(16)11-10(12)17/h1-2,5-7,9,13-15H,3-4H2,(H,11,16,17)/t5?,6-,7+,9+/m0/s1. The molecule has 100 valence electrons. The van der Waals surface area contributed by atoms with Crippen LogP contribution in [-0.4, -0.2) is 49.8 Å². The lowest BCUT2D eigenvalue weighted by molar-refractivity contribution is -0.207. The molecule has 1 aliphatic rings. The normalized spacial score (nSPS) is 32.4. The number of rotatable bonds is 2. The summed E-state index contributed by atoms with van der Waals surface area (Å²) in [5.41, 5.74) is -1.28. The molecule has 0 aliphatic carbocycles. The van der Waals surface area contributed by atoms with Crippen LogP contribution < -0.4 is 11.2 Å². The molecular formula is C10H14N2O6. The van der Waals surface area contributed by atoms with E-state index in [1.807, 2.05) is 4.98 Å². The van der Waals surface area contributed by atoms with Crippen molar-refractivity contribution in [2.75, 3.05) is 6.61 Å². The Morgan fingerprint density at radius 3 is 2.72 bits per heavy atom. The van der Waals surface area contributed by atoms with Crippen LogP contribution in [0.1, 0.15) is 12.6 Å². The van der Waals surface area contributed by atoms with Gasteiger partial charge in [-0.2, -0.15) is 0 Å². The molecule has 0 amide bonds. The molecule has 4 N–H and O–H groups in total. The predicted molar refractivity (Wildman–Crippen MR) is 58.9 cm³/mol. The van der Waals surface area contributed by atoms with Gasteiger partial charge in [-0.1, -0.05) is 0 Å². The quantitative estimate of drug-likeness (QED) is 0.466. The van der Waals surface area contributed by atoms with Crippen LogP contribution in [0.3, 0.4) is 0 Å². The van der Waals surface area contributed by atoms with Crippen molar-refractivity contribution >= 4 is 0 Å². The van der Waals surface area contributed by atoms with Gasteiger partial charge in [-0.3, -0.25) is 14.3 Å². The van der Waals surface area contributed by atoms with E-state index in [0.29, 0.717) is 0 Å². The van der Waals surface area contributed by atoms with E-state index in [1.165, 1.54) is 6.20 Å². The van der Waals surface area contributed by atoms with Crippen LogP contribution >= 0.6 is 0 Å². The molecule has 1 aromatic heterocycles. The maximum absolute atomic E-state index is 11.6. The SMILES string of the molecule is O=c1ccn([C@@H]2O[C@H](CO)C(O)C[C@@H]2O)c(=O)[nH]1. The second-order valence-electron chi connectivity index (χ2n) is 4.14. The minimum atomic E-state index is -1.11. The second kappa shape index (κ2) is 5.02. The van der Waals surface area contributed by atoms with Crippen molar-refractivity contribution in [3.63, 3.8) is 0 Å². The summed E-state index contributed by atoms with van der Waals surface area (Å²) in [6, 6.07) is 1.12. The first-order valence-corrected chi connectivity index (χ1v) is 5.47. The summed E-state index contributed by atoms with van der Waals surface area (Å²) in [6.07, 6.45) is -2.86. The zero-order valence-corrected chi connectivity index (χ0v) is 9.39. The van der Waals surface area contributed by atoms with E-state index < -0.39 is 42.4 Å². The van der Waals surface area contributed by atoms with Crippen LogP contribution in [0.4, 0.5) is 0 Å². The molecule has 1 saturated heterocycles. The Bertz CT molecular complexity index is 524. The summed E-state index contributed by atoms with van der Waals surface area (Å²) < 4.78 is 6.27. The first kappa shape index (κ1) is 13.0. The number of aromatic amines is 1. The lowest BCUT2D eigenvalue weighted by atomic mass is 10.0. The van der Waals surface area contributed by atoms with Gasteiger partial charge in [0, 0.05) is 18.7 Å². The number of ether oxygens (including phenoxy) is 1. The van der Waals surface area contributed by atoms with Crippen molar-refractivity contribution in [2.45, 2.75) is 31.0 Å². The molecule has 1 aromatic rings. The summed E-state index contributed by atoms with van der Waals surface area (Å²) in [5.74, 6) is 0. The second-order valence-corrected chi connectivity index (χ2v) is 4.14. The van der Waals surface area contributed by atoms with Gasteiger partial charge in [-0.25, -0.2) is 4.79 Å². The number of aliphatic hydroxyl groups excluding tert-OH is 3. The van der Waals surface area contributed by atoms with Gasteiger partial charge in [-0.15, -0.1) is 0 Å². The van der Waals surface area contributed by atoms with Crippen molar-refractivity contribution in [1.82, 2.24) is 9.55 Å². The minimum Gasteiger partial charge on any atom is -0.394 e. The van der Waals surface area contributed by atoms with Gasteiger partial charge in [0.1, 0.15) is 12.2 Å². The molecule has 0 bridgehead atoms. The van der Waals surface area contributed by atoms with E-state index >= 15 is 0 Å². The average Bonchev–Trinajstić information content (AvgIpc) is 2.30. The highest BCUT2D eigenvalue weighted by Crippen LogP contribution is 2.26. The zero-order valence-electron chi connectivity index (χ0n) is 9.39. The Hall–Kier alpha value is -1.48. The van der Waals surface area contributed by atoms with Crippen LogP contribution in [0.25, 0.3) is 0 Å². The third-order valence-electron chi connectivity index (χ3n) is 2.86. The highest BCUT2D eigenvalue weighted by molar-refractivity contribution is 4.89. The molecular weight excluding hydrogens is 244 g/mol. The molecule has 2 rings (SSSR count). The molecule has 18 heavy (non-hydrogen) atoms. The molecule has 2 heterocycles. The average molecular weight is 258 g/mol. The largest absolute Gasteiger partial charge is 0.394 e. The fourth-order valence-electron chi connectivity index (χ4n) is 1.92. The van der Waals surface area contributed by atoms with Crippen LogP contribution in [0.5, 0.6) is 0 Å². The molecule has 0 spiro atoms. The maximum atomic E-state index is 11.6. The van der Waals surface area contributed by atoms with Gasteiger partial charge >= 0.3 is 5.69 Å². The van der Waals surface area contributed by atoms with Gasteiger partial charge in [0.25, 0.3) is 5.56 Å². The van der Waals surface area contributed by atoms with E-state index in [9.17, 15) is 19.8 Å². The monoisotopic (exact) mass is 258 g/mol. The number of hydrogen-bond acceptors (Lipinski definition) is 6. The molecule has 1 aliphatic heterocycles. The fraction of sp³-hybridized carbons (Fsp3) is 0.600. The van der Waals surface area contributed by atoms with Crippen LogP contribution in [-0.2, 0) is 4.74 Å². The smallest absolute Gasteiger partial charge is 0.330 e. The summed E-state index contributed by atoms with van der Waals surface area (Å²) in [7, 11) is 0. The number of nitrogens with one attached hydrogen (secondary N) is 1. The Morgan fingerprint density at radius 2 is 2.11 bits per heavy atom. The number of aromatic nitrogens is 2. The first-order chi connectivity index (χ1) is 8.52. The van der Waals surface area contributed by atoms with E-state index in [0.717, 1.165) is 10.6 Å². The number of nitrogens with zero attached hydrogens (tertiary/aromatic N) is 1. The number of aliphatic hydroxyl groups is 3. The van der Waals surface area contributed by atoms with Crippen molar-refractivity contribution in [1.29, 1.82) is 0 Å². The maximum Gasteiger partial charge on any atom is 0.330 e. The van der Waals surface area contributed by atoms with Crippen molar-refractivity contribution in [3.05, 3.63) is 33.1 Å². The molecule has 1 unspecified atom stereocenters. The summed E-state index contributed by atoms with van der Waals surface area (Å²) in [6.45, 7) is -0.428. The first-order valence-electron chi connectivity index (χ1n) is 5.47. The molecule has 0 radical (unpaired) electrons. The minimum absolute atomic E-state index is 0.0263. The summed E-state index contributed by atoms with van der Waals surface area (Å²) >= 11 is 0. The number of H-pyrrole nitrogens is 1. The van der Waals surface area contributed by atoms with Gasteiger partial charge < -0.3 is 20.1 Å². The third kappa shape index (κ3) is 2.36. The van der Waals surface area contributed by atoms with E-state index in [-0.39, 0.29) is 6.42 Å². The summed E-state index contributed by atoms with van der Waals surface area (Å²) in [5, 5.41) is 28.3.